The summed E-state index contributed by atoms with van der Waals surface area (Å²) in [6.45, 7) is 2.11. The first-order chi connectivity index (χ1) is 13.5. The lowest BCUT2D eigenvalue weighted by molar-refractivity contribution is -0.135. The van der Waals surface area contributed by atoms with E-state index in [1.807, 2.05) is 4.90 Å². The van der Waals surface area contributed by atoms with Gasteiger partial charge in [-0.15, -0.1) is 0 Å². The van der Waals surface area contributed by atoms with Gasteiger partial charge in [0, 0.05) is 37.3 Å². The predicted octanol–water partition coefficient (Wildman–Crippen LogP) is 2.61. The molecule has 1 aromatic rings. The summed E-state index contributed by atoms with van der Waals surface area (Å²) in [6, 6.07) is 1.78. The van der Waals surface area contributed by atoms with Gasteiger partial charge < -0.3 is 21.1 Å². The number of carboxylic acids is 1. The summed E-state index contributed by atoms with van der Waals surface area (Å²) < 4.78 is 0. The van der Waals surface area contributed by atoms with Crippen LogP contribution in [0.4, 0.5) is 5.82 Å². The summed E-state index contributed by atoms with van der Waals surface area (Å²) in [6.07, 6.45) is 8.88. The molecule has 8 heteroatoms. The third kappa shape index (κ3) is 5.23. The van der Waals surface area contributed by atoms with E-state index in [2.05, 4.69) is 10.3 Å². The number of nitrogens with zero attached hydrogens (tertiary/aromatic N) is 2. The van der Waals surface area contributed by atoms with Gasteiger partial charge >= 0.3 is 5.97 Å². The Morgan fingerprint density at radius 1 is 1.32 bits per heavy atom. The Kier molecular flexibility index (Phi) is 6.91. The van der Waals surface area contributed by atoms with E-state index in [1.54, 1.807) is 12.3 Å². The standard InChI is InChI=1S/C20H27ClN4O3/c21-17-9-14(3-6-18(26)27)11-23-19(17)24-16-7-8-25(12-16)20(28)15-4-1-13(10-22)2-5-15/h3,6,9,11,13,15-16H,1-2,4-5,7-8,10,12,22H2,(H,23,24)(H,26,27)/b6-3+/t13?,15?,16-/m1/s1. The number of anilines is 1. The van der Waals surface area contributed by atoms with E-state index in [-0.39, 0.29) is 17.9 Å². The van der Waals surface area contributed by atoms with Crippen molar-refractivity contribution in [1.82, 2.24) is 9.88 Å². The van der Waals surface area contributed by atoms with E-state index >= 15 is 0 Å². The number of pyridine rings is 1. The zero-order valence-corrected chi connectivity index (χ0v) is 16.6. The van der Waals surface area contributed by atoms with Crippen molar-refractivity contribution in [2.75, 3.05) is 25.0 Å². The predicted molar refractivity (Wildman–Crippen MR) is 109 cm³/mol. The maximum atomic E-state index is 12.8. The average Bonchev–Trinajstić information content (AvgIpc) is 3.16. The number of rotatable bonds is 6. The van der Waals surface area contributed by atoms with Gasteiger partial charge in [-0.2, -0.15) is 0 Å². The molecule has 1 aliphatic heterocycles. The van der Waals surface area contributed by atoms with Crippen molar-refractivity contribution >= 4 is 35.4 Å². The number of carbonyl (C=O) groups is 2. The van der Waals surface area contributed by atoms with Gasteiger partial charge in [0.1, 0.15) is 5.82 Å². The lowest BCUT2D eigenvalue weighted by Gasteiger charge is -2.30. The second-order valence-electron chi connectivity index (χ2n) is 7.64. The molecule has 2 aliphatic rings. The molecule has 1 amide bonds. The number of aromatic nitrogens is 1. The highest BCUT2D eigenvalue weighted by atomic mass is 35.5. The minimum atomic E-state index is -1.02. The molecule has 3 rings (SSSR count). The lowest BCUT2D eigenvalue weighted by atomic mass is 9.81. The number of nitrogens with one attached hydrogen (secondary N) is 1. The number of hydrogen-bond donors (Lipinski definition) is 3. The van der Waals surface area contributed by atoms with Gasteiger partial charge in [-0.3, -0.25) is 4.79 Å². The molecule has 1 aliphatic carbocycles. The summed E-state index contributed by atoms with van der Waals surface area (Å²) >= 11 is 6.27. The highest BCUT2D eigenvalue weighted by Crippen LogP contribution is 2.31. The van der Waals surface area contributed by atoms with E-state index in [0.29, 0.717) is 28.9 Å². The molecule has 28 heavy (non-hydrogen) atoms. The molecule has 7 nitrogen and oxygen atoms in total. The van der Waals surface area contributed by atoms with Gasteiger partial charge in [0.05, 0.1) is 5.02 Å². The second kappa shape index (κ2) is 9.39. The van der Waals surface area contributed by atoms with Crippen LogP contribution in [0.2, 0.25) is 5.02 Å². The number of carboxylic acid groups (broad SMARTS) is 1. The van der Waals surface area contributed by atoms with Crippen LogP contribution in [0, 0.1) is 11.8 Å². The van der Waals surface area contributed by atoms with Crippen molar-refractivity contribution < 1.29 is 14.7 Å². The Bertz CT molecular complexity index is 747. The molecule has 0 spiro atoms. The largest absolute Gasteiger partial charge is 0.478 e. The fourth-order valence-electron chi connectivity index (χ4n) is 3.99. The van der Waals surface area contributed by atoms with Crippen molar-refractivity contribution in [2.24, 2.45) is 17.6 Å². The normalized spacial score (nSPS) is 25.2. The quantitative estimate of drug-likeness (QED) is 0.626. The first-order valence-corrected chi connectivity index (χ1v) is 10.2. The van der Waals surface area contributed by atoms with Crippen LogP contribution in [0.25, 0.3) is 6.08 Å². The van der Waals surface area contributed by atoms with Gasteiger partial charge in [-0.05, 0) is 62.3 Å². The average molecular weight is 407 g/mol. The topological polar surface area (TPSA) is 109 Å². The monoisotopic (exact) mass is 406 g/mol. The van der Waals surface area contributed by atoms with Crippen LogP contribution in [-0.2, 0) is 9.59 Å². The Balaban J connectivity index is 1.53. The van der Waals surface area contributed by atoms with Crippen LogP contribution in [0.5, 0.6) is 0 Å². The number of aliphatic carboxylic acids is 1. The first-order valence-electron chi connectivity index (χ1n) is 9.78. The number of hydrogen-bond acceptors (Lipinski definition) is 5. The number of amides is 1. The van der Waals surface area contributed by atoms with Crippen LogP contribution in [-0.4, -0.2) is 52.5 Å². The van der Waals surface area contributed by atoms with Gasteiger partial charge in [0.25, 0.3) is 0 Å². The van der Waals surface area contributed by atoms with Crippen molar-refractivity contribution in [3.05, 3.63) is 28.9 Å². The Labute approximate surface area is 169 Å². The van der Waals surface area contributed by atoms with Crippen molar-refractivity contribution in [1.29, 1.82) is 0 Å². The van der Waals surface area contributed by atoms with Gasteiger partial charge in [0.15, 0.2) is 0 Å². The third-order valence-corrected chi connectivity index (χ3v) is 5.94. The number of halogens is 1. The maximum absolute atomic E-state index is 12.8. The van der Waals surface area contributed by atoms with Gasteiger partial charge in [-0.1, -0.05) is 11.6 Å². The highest BCUT2D eigenvalue weighted by molar-refractivity contribution is 6.33. The molecule has 1 aromatic heterocycles. The molecular weight excluding hydrogens is 380 g/mol. The van der Waals surface area contributed by atoms with E-state index < -0.39 is 5.97 Å². The van der Waals surface area contributed by atoms with Crippen molar-refractivity contribution in [3.8, 4) is 0 Å². The summed E-state index contributed by atoms with van der Waals surface area (Å²) in [5.74, 6) is 0.484. The molecular formula is C20H27ClN4O3. The molecule has 0 unspecified atom stereocenters. The maximum Gasteiger partial charge on any atom is 0.328 e. The molecule has 2 fully saturated rings. The Morgan fingerprint density at radius 3 is 2.71 bits per heavy atom. The van der Waals surface area contributed by atoms with E-state index in [0.717, 1.165) is 51.3 Å². The zero-order valence-electron chi connectivity index (χ0n) is 15.8. The summed E-state index contributed by atoms with van der Waals surface area (Å²) in [7, 11) is 0. The molecule has 1 saturated carbocycles. The fraction of sp³-hybridized carbons (Fsp3) is 0.550. The first kappa shape index (κ1) is 20.6. The van der Waals surface area contributed by atoms with Crippen molar-refractivity contribution in [2.45, 2.75) is 38.1 Å². The number of nitrogens with two attached hydrogens (primary N) is 1. The molecule has 1 saturated heterocycles. The molecule has 2 heterocycles. The Hall–Kier alpha value is -2.12. The van der Waals surface area contributed by atoms with Crippen LogP contribution in [0.15, 0.2) is 18.3 Å². The van der Waals surface area contributed by atoms with Gasteiger partial charge in [0.2, 0.25) is 5.91 Å². The van der Waals surface area contributed by atoms with Crippen LogP contribution in [0.1, 0.15) is 37.7 Å². The van der Waals surface area contributed by atoms with Crippen LogP contribution < -0.4 is 11.1 Å². The SMILES string of the molecule is NCC1CCC(C(=O)N2CC[C@@H](Nc3ncc(/C=C/C(=O)O)cc3Cl)C2)CC1. The van der Waals surface area contributed by atoms with E-state index in [4.69, 9.17) is 22.4 Å². The number of likely N-dealkylation sites (tertiary alicyclic amines) is 1. The van der Waals surface area contributed by atoms with E-state index in [1.165, 1.54) is 6.08 Å². The van der Waals surface area contributed by atoms with Crippen LogP contribution >= 0.6 is 11.6 Å². The van der Waals surface area contributed by atoms with E-state index in [9.17, 15) is 9.59 Å². The smallest absolute Gasteiger partial charge is 0.328 e. The highest BCUT2D eigenvalue weighted by Gasteiger charge is 2.33. The minimum Gasteiger partial charge on any atom is -0.478 e. The molecule has 152 valence electrons. The zero-order chi connectivity index (χ0) is 20.1. The summed E-state index contributed by atoms with van der Waals surface area (Å²) in [5.41, 5.74) is 6.36. The molecule has 0 aromatic carbocycles. The number of carbonyl (C=O) groups excluding carboxylic acids is 1. The second-order valence-corrected chi connectivity index (χ2v) is 8.05. The van der Waals surface area contributed by atoms with Crippen LogP contribution in [0.3, 0.4) is 0 Å². The molecule has 0 bridgehead atoms. The third-order valence-electron chi connectivity index (χ3n) is 5.65. The summed E-state index contributed by atoms with van der Waals surface area (Å²) in [4.78, 5) is 29.6. The molecule has 1 atom stereocenters. The van der Waals surface area contributed by atoms with Gasteiger partial charge in [-0.25, -0.2) is 9.78 Å². The minimum absolute atomic E-state index is 0.106. The fourth-order valence-corrected chi connectivity index (χ4v) is 4.22. The molecule has 4 N–H and O–H groups in total. The molecule has 0 radical (unpaired) electrons. The lowest BCUT2D eigenvalue weighted by Crippen LogP contribution is -2.38. The Morgan fingerprint density at radius 2 is 2.07 bits per heavy atom. The summed E-state index contributed by atoms with van der Waals surface area (Å²) in [5, 5.41) is 12.4. The van der Waals surface area contributed by atoms with Crippen molar-refractivity contribution in [3.63, 3.8) is 0 Å².